The number of ether oxygens (including phenoxy) is 1. The number of aryl methyl sites for hydroxylation is 1. The van der Waals surface area contributed by atoms with Crippen molar-refractivity contribution in [1.29, 1.82) is 0 Å². The van der Waals surface area contributed by atoms with Crippen molar-refractivity contribution < 1.29 is 14.4 Å². The third kappa shape index (κ3) is 4.24. The number of morpholine rings is 1. The lowest BCUT2D eigenvalue weighted by Crippen LogP contribution is -3.14. The number of thiophene rings is 1. The quantitative estimate of drug-likeness (QED) is 0.641. The second-order valence-electron chi connectivity index (χ2n) is 7.20. The molecule has 3 heterocycles. The lowest BCUT2D eigenvalue weighted by atomic mass is 10.2. The number of nitrogens with one attached hydrogen (secondary N) is 2. The van der Waals surface area contributed by atoms with Crippen LogP contribution in [0.2, 0.25) is 0 Å². The Kier molecular flexibility index (Phi) is 6.03. The van der Waals surface area contributed by atoms with Crippen molar-refractivity contribution in [2.75, 3.05) is 51.3 Å². The standard InChI is InChI=1S/C21H25N5O2S/c1-15-17-19(25(2)16-6-4-3-5-7-16)23-14-24-21(17)29-18(15)20(27)22-8-9-26-10-12-28-13-11-26/h3-7,14H,8-13H2,1-2H3,(H,22,27)/p+1. The topological polar surface area (TPSA) is 71.8 Å². The number of quaternary nitrogens is 1. The number of anilines is 2. The Bertz CT molecular complexity index is 985. The molecule has 3 aromatic rings. The van der Waals surface area contributed by atoms with Gasteiger partial charge in [-0.05, 0) is 24.6 Å². The van der Waals surface area contributed by atoms with Crippen LogP contribution in [0.1, 0.15) is 15.2 Å². The van der Waals surface area contributed by atoms with E-state index in [1.165, 1.54) is 16.2 Å². The van der Waals surface area contributed by atoms with Gasteiger partial charge in [-0.25, -0.2) is 9.97 Å². The summed E-state index contributed by atoms with van der Waals surface area (Å²) in [6.07, 6.45) is 1.57. The molecule has 0 spiro atoms. The van der Waals surface area contributed by atoms with Crippen LogP contribution in [0, 0.1) is 6.92 Å². The van der Waals surface area contributed by atoms with Gasteiger partial charge in [0, 0.05) is 12.7 Å². The predicted octanol–water partition coefficient (Wildman–Crippen LogP) is 1.41. The van der Waals surface area contributed by atoms with Gasteiger partial charge >= 0.3 is 0 Å². The third-order valence-corrected chi connectivity index (χ3v) is 6.54. The second-order valence-corrected chi connectivity index (χ2v) is 8.20. The lowest BCUT2D eigenvalue weighted by Gasteiger charge is -2.23. The lowest BCUT2D eigenvalue weighted by molar-refractivity contribution is -0.906. The monoisotopic (exact) mass is 412 g/mol. The first kappa shape index (κ1) is 19.8. The number of fused-ring (bicyclic) bond motifs is 1. The van der Waals surface area contributed by atoms with E-state index in [0.717, 1.165) is 60.1 Å². The van der Waals surface area contributed by atoms with Crippen molar-refractivity contribution in [2.24, 2.45) is 0 Å². The summed E-state index contributed by atoms with van der Waals surface area (Å²) in [5, 5.41) is 4.01. The van der Waals surface area contributed by atoms with E-state index < -0.39 is 0 Å². The fourth-order valence-electron chi connectivity index (χ4n) is 3.64. The van der Waals surface area contributed by atoms with Crippen LogP contribution in [-0.4, -0.2) is 62.3 Å². The van der Waals surface area contributed by atoms with E-state index in [0.29, 0.717) is 11.4 Å². The van der Waals surface area contributed by atoms with Gasteiger partial charge in [0.15, 0.2) is 0 Å². The molecular formula is C21H26N5O2S+. The summed E-state index contributed by atoms with van der Waals surface area (Å²) in [5.74, 6) is 0.776. The average Bonchev–Trinajstić information content (AvgIpc) is 3.11. The molecule has 0 saturated carbocycles. The fourth-order valence-corrected chi connectivity index (χ4v) is 4.70. The van der Waals surface area contributed by atoms with E-state index in [-0.39, 0.29) is 5.91 Å². The maximum Gasteiger partial charge on any atom is 0.261 e. The molecule has 0 bridgehead atoms. The Hall–Kier alpha value is -2.55. The maximum atomic E-state index is 12.8. The molecule has 1 aromatic carbocycles. The molecule has 0 atom stereocenters. The molecule has 1 aliphatic rings. The molecule has 1 aliphatic heterocycles. The van der Waals surface area contributed by atoms with Crippen LogP contribution in [0.3, 0.4) is 0 Å². The minimum Gasteiger partial charge on any atom is -0.370 e. The van der Waals surface area contributed by atoms with Crippen molar-refractivity contribution in [3.8, 4) is 0 Å². The highest BCUT2D eigenvalue weighted by Crippen LogP contribution is 2.36. The van der Waals surface area contributed by atoms with Gasteiger partial charge in [-0.3, -0.25) is 4.79 Å². The van der Waals surface area contributed by atoms with Gasteiger partial charge in [0.1, 0.15) is 30.1 Å². The predicted molar refractivity (Wildman–Crippen MR) is 115 cm³/mol. The largest absolute Gasteiger partial charge is 0.370 e. The van der Waals surface area contributed by atoms with Gasteiger partial charge in [-0.1, -0.05) is 18.2 Å². The SMILES string of the molecule is Cc1c(C(=O)NCC[NH+]2CCOCC2)sc2ncnc(N(C)c3ccccc3)c12. The van der Waals surface area contributed by atoms with Gasteiger partial charge in [0.25, 0.3) is 5.91 Å². The number of hydrogen-bond donors (Lipinski definition) is 2. The van der Waals surface area contributed by atoms with Crippen molar-refractivity contribution >= 4 is 39.0 Å². The zero-order chi connectivity index (χ0) is 20.2. The smallest absolute Gasteiger partial charge is 0.261 e. The number of hydrogen-bond acceptors (Lipinski definition) is 6. The average molecular weight is 413 g/mol. The molecule has 0 radical (unpaired) electrons. The third-order valence-electron chi connectivity index (χ3n) is 5.34. The molecular weight excluding hydrogens is 386 g/mol. The minimum atomic E-state index is -0.0357. The number of rotatable bonds is 6. The molecule has 29 heavy (non-hydrogen) atoms. The first-order valence-corrected chi connectivity index (χ1v) is 10.7. The number of amides is 1. The minimum absolute atomic E-state index is 0.0357. The first-order valence-electron chi connectivity index (χ1n) is 9.87. The van der Waals surface area contributed by atoms with E-state index in [1.807, 2.05) is 49.2 Å². The first-order chi connectivity index (χ1) is 14.1. The van der Waals surface area contributed by atoms with Crippen LogP contribution < -0.4 is 15.1 Å². The fraction of sp³-hybridized carbons (Fsp3) is 0.381. The molecule has 2 N–H and O–H groups in total. The summed E-state index contributed by atoms with van der Waals surface area (Å²) >= 11 is 1.43. The van der Waals surface area contributed by atoms with Crippen LogP contribution in [0.4, 0.5) is 11.5 Å². The summed E-state index contributed by atoms with van der Waals surface area (Å²) in [4.78, 5) is 26.8. The molecule has 4 rings (SSSR count). The number of carbonyl (C=O) groups excluding carboxylic acids is 1. The number of para-hydroxylation sites is 1. The Morgan fingerprint density at radius 1 is 1.24 bits per heavy atom. The van der Waals surface area contributed by atoms with E-state index >= 15 is 0 Å². The molecule has 0 aliphatic carbocycles. The van der Waals surface area contributed by atoms with E-state index in [2.05, 4.69) is 15.3 Å². The molecule has 1 fully saturated rings. The zero-order valence-electron chi connectivity index (χ0n) is 16.8. The van der Waals surface area contributed by atoms with Crippen molar-refractivity contribution in [3.63, 3.8) is 0 Å². The highest BCUT2D eigenvalue weighted by Gasteiger charge is 2.21. The highest BCUT2D eigenvalue weighted by atomic mass is 32.1. The zero-order valence-corrected chi connectivity index (χ0v) is 17.6. The van der Waals surface area contributed by atoms with Gasteiger partial charge in [-0.15, -0.1) is 11.3 Å². The molecule has 0 unspecified atom stereocenters. The van der Waals surface area contributed by atoms with Crippen LogP contribution >= 0.6 is 11.3 Å². The summed E-state index contributed by atoms with van der Waals surface area (Å²) in [7, 11) is 1.99. The molecule has 8 heteroatoms. The Balaban J connectivity index is 1.53. The maximum absolute atomic E-state index is 12.8. The normalized spacial score (nSPS) is 14.8. The Morgan fingerprint density at radius 2 is 2.00 bits per heavy atom. The summed E-state index contributed by atoms with van der Waals surface area (Å²) in [5.41, 5.74) is 1.97. The van der Waals surface area contributed by atoms with Crippen molar-refractivity contribution in [3.05, 3.63) is 47.1 Å². The second kappa shape index (κ2) is 8.86. The van der Waals surface area contributed by atoms with Crippen LogP contribution in [-0.2, 0) is 4.74 Å². The molecule has 7 nitrogen and oxygen atoms in total. The number of carbonyl (C=O) groups is 1. The van der Waals surface area contributed by atoms with E-state index in [9.17, 15) is 4.79 Å². The molecule has 152 valence electrons. The number of nitrogens with zero attached hydrogens (tertiary/aromatic N) is 3. The van der Waals surface area contributed by atoms with E-state index in [1.54, 1.807) is 6.33 Å². The molecule has 2 aromatic heterocycles. The van der Waals surface area contributed by atoms with E-state index in [4.69, 9.17) is 4.74 Å². The summed E-state index contributed by atoms with van der Waals surface area (Å²) in [6.45, 7) is 7.16. The van der Waals surface area contributed by atoms with Gasteiger partial charge < -0.3 is 19.9 Å². The van der Waals surface area contributed by atoms with Gasteiger partial charge in [0.05, 0.1) is 36.6 Å². The van der Waals surface area contributed by atoms with Crippen LogP contribution in [0.25, 0.3) is 10.2 Å². The highest BCUT2D eigenvalue weighted by molar-refractivity contribution is 7.20. The number of benzene rings is 1. The Morgan fingerprint density at radius 3 is 2.76 bits per heavy atom. The Labute approximate surface area is 174 Å². The summed E-state index contributed by atoms with van der Waals surface area (Å²) < 4.78 is 5.38. The number of aromatic nitrogens is 2. The van der Waals surface area contributed by atoms with Gasteiger partial charge in [0.2, 0.25) is 0 Å². The molecule has 1 saturated heterocycles. The van der Waals surface area contributed by atoms with Crippen molar-refractivity contribution in [2.45, 2.75) is 6.92 Å². The summed E-state index contributed by atoms with van der Waals surface area (Å²) in [6, 6.07) is 10.1. The van der Waals surface area contributed by atoms with Gasteiger partial charge in [-0.2, -0.15) is 0 Å². The van der Waals surface area contributed by atoms with Crippen molar-refractivity contribution in [1.82, 2.24) is 15.3 Å². The molecule has 1 amide bonds. The van der Waals surface area contributed by atoms with Crippen LogP contribution in [0.5, 0.6) is 0 Å². The van der Waals surface area contributed by atoms with Crippen LogP contribution in [0.15, 0.2) is 36.7 Å².